The summed E-state index contributed by atoms with van der Waals surface area (Å²) in [7, 11) is 0. The Bertz CT molecular complexity index is 1100. The van der Waals surface area contributed by atoms with E-state index >= 15 is 0 Å². The van der Waals surface area contributed by atoms with E-state index in [1.807, 2.05) is 56.3 Å². The van der Waals surface area contributed by atoms with E-state index in [1.165, 1.54) is 4.90 Å². The highest BCUT2D eigenvalue weighted by Gasteiger charge is 2.33. The molecule has 3 aromatic carbocycles. The van der Waals surface area contributed by atoms with Crippen molar-refractivity contribution in [2.75, 3.05) is 22.5 Å². The Morgan fingerprint density at radius 3 is 2.36 bits per heavy atom. The van der Waals surface area contributed by atoms with Crippen LogP contribution in [0.3, 0.4) is 0 Å². The van der Waals surface area contributed by atoms with Crippen LogP contribution in [0.25, 0.3) is 10.8 Å². The summed E-state index contributed by atoms with van der Waals surface area (Å²) >= 11 is 4.25. The van der Waals surface area contributed by atoms with Gasteiger partial charge in [-0.1, -0.05) is 56.3 Å². The van der Waals surface area contributed by atoms with Gasteiger partial charge in [0.2, 0.25) is 0 Å². The number of carboxylic acid groups (broad SMARTS) is 1. The number of rotatable bonds is 10. The monoisotopic (exact) mass is 465 g/mol. The maximum atomic E-state index is 13.6. The van der Waals surface area contributed by atoms with E-state index in [0.717, 1.165) is 16.5 Å². The summed E-state index contributed by atoms with van der Waals surface area (Å²) in [6.07, 6.45) is 0.327. The number of carbonyl (C=O) groups excluding carboxylic acids is 1. The van der Waals surface area contributed by atoms with E-state index in [2.05, 4.69) is 17.9 Å². The molecule has 7 heteroatoms. The number of nitrogens with two attached hydrogens (primary N) is 1. The van der Waals surface area contributed by atoms with Crippen molar-refractivity contribution < 1.29 is 14.7 Å². The molecule has 0 aliphatic heterocycles. The molecule has 0 bridgehead atoms. The Labute approximate surface area is 200 Å². The van der Waals surface area contributed by atoms with Gasteiger partial charge in [-0.25, -0.2) is 4.79 Å². The van der Waals surface area contributed by atoms with Gasteiger partial charge in [0.25, 0.3) is 5.91 Å². The van der Waals surface area contributed by atoms with Crippen molar-refractivity contribution in [1.29, 1.82) is 0 Å². The Balaban J connectivity index is 2.17. The molecule has 6 nitrogen and oxygen atoms in total. The molecule has 174 valence electrons. The summed E-state index contributed by atoms with van der Waals surface area (Å²) < 4.78 is 0. The molecule has 0 aliphatic rings. The van der Waals surface area contributed by atoms with Gasteiger partial charge in [-0.2, -0.15) is 12.6 Å². The van der Waals surface area contributed by atoms with Crippen molar-refractivity contribution in [3.05, 3.63) is 72.3 Å². The molecular weight excluding hydrogens is 434 g/mol. The van der Waals surface area contributed by atoms with Crippen LogP contribution in [0.5, 0.6) is 0 Å². The Morgan fingerprint density at radius 2 is 1.73 bits per heavy atom. The van der Waals surface area contributed by atoms with Crippen LogP contribution in [-0.2, 0) is 4.79 Å². The van der Waals surface area contributed by atoms with Gasteiger partial charge in [0, 0.05) is 40.7 Å². The molecule has 2 atom stereocenters. The number of nitrogens with one attached hydrogen (secondary N) is 1. The minimum atomic E-state index is -1.03. The number of carbonyl (C=O) groups is 2. The maximum Gasteiger partial charge on any atom is 0.326 e. The van der Waals surface area contributed by atoms with Crippen LogP contribution in [0.4, 0.5) is 11.4 Å². The van der Waals surface area contributed by atoms with Crippen LogP contribution in [0.2, 0.25) is 0 Å². The lowest BCUT2D eigenvalue weighted by atomic mass is 9.99. The lowest BCUT2D eigenvalue weighted by molar-refractivity contribution is -0.138. The molecule has 1 unspecified atom stereocenters. The molecule has 3 aromatic rings. The van der Waals surface area contributed by atoms with E-state index in [9.17, 15) is 14.7 Å². The first-order valence-corrected chi connectivity index (χ1v) is 11.7. The third-order valence-electron chi connectivity index (χ3n) is 5.44. The van der Waals surface area contributed by atoms with Gasteiger partial charge in [-0.3, -0.25) is 9.69 Å². The standard InChI is InChI=1S/C26H31N3O3S/c1-17(2)12-24(26(31)32)29(25(30)18-8-4-3-5-9-18)21-13-19-10-6-7-11-22(19)23(14-21)28-15-20(27)16-33/h3-11,13-14,17,20,24,28,33H,12,15-16,27H2,1-2H3,(H,31,32)/t20?,24-/m0/s1. The Kier molecular flexibility index (Phi) is 8.36. The van der Waals surface area contributed by atoms with E-state index in [0.29, 0.717) is 30.0 Å². The molecule has 0 fully saturated rings. The van der Waals surface area contributed by atoms with Crippen LogP contribution in [0.15, 0.2) is 66.7 Å². The number of hydrogen-bond donors (Lipinski definition) is 4. The predicted molar refractivity (Wildman–Crippen MR) is 138 cm³/mol. The zero-order valence-corrected chi connectivity index (χ0v) is 19.8. The number of anilines is 2. The fourth-order valence-electron chi connectivity index (χ4n) is 3.81. The van der Waals surface area contributed by atoms with Crippen molar-refractivity contribution in [2.45, 2.75) is 32.4 Å². The molecule has 0 heterocycles. The molecule has 33 heavy (non-hydrogen) atoms. The fourth-order valence-corrected chi connectivity index (χ4v) is 3.94. The normalized spacial score (nSPS) is 13.0. The average molecular weight is 466 g/mol. The summed E-state index contributed by atoms with van der Waals surface area (Å²) in [6, 6.07) is 19.1. The maximum absolute atomic E-state index is 13.6. The van der Waals surface area contributed by atoms with E-state index in [4.69, 9.17) is 5.73 Å². The molecule has 3 rings (SSSR count). The topological polar surface area (TPSA) is 95.7 Å². The largest absolute Gasteiger partial charge is 0.480 e. The van der Waals surface area contributed by atoms with Crippen LogP contribution in [-0.4, -0.2) is 41.4 Å². The van der Waals surface area contributed by atoms with Crippen LogP contribution < -0.4 is 16.0 Å². The summed E-state index contributed by atoms with van der Waals surface area (Å²) in [6.45, 7) is 4.40. The quantitative estimate of drug-likeness (QED) is 0.327. The number of hydrogen-bond acceptors (Lipinski definition) is 5. The highest BCUT2D eigenvalue weighted by molar-refractivity contribution is 7.80. The number of amides is 1. The van der Waals surface area contributed by atoms with Gasteiger partial charge in [-0.15, -0.1) is 0 Å². The molecule has 0 aromatic heterocycles. The van der Waals surface area contributed by atoms with Gasteiger partial charge < -0.3 is 16.2 Å². The molecule has 4 N–H and O–H groups in total. The lowest BCUT2D eigenvalue weighted by Gasteiger charge is -2.31. The SMILES string of the molecule is CC(C)C[C@@H](C(=O)O)N(C(=O)c1ccccc1)c1cc(NCC(N)CS)c2ccccc2c1. The first kappa shape index (κ1) is 24.6. The van der Waals surface area contributed by atoms with Gasteiger partial charge in [0.1, 0.15) is 6.04 Å². The summed E-state index contributed by atoms with van der Waals surface area (Å²) in [4.78, 5) is 27.4. The zero-order valence-electron chi connectivity index (χ0n) is 18.9. The molecule has 0 spiro atoms. The van der Waals surface area contributed by atoms with Crippen LogP contribution >= 0.6 is 12.6 Å². The summed E-state index contributed by atoms with van der Waals surface area (Å²) in [5.74, 6) is -0.771. The van der Waals surface area contributed by atoms with Gasteiger partial charge in [-0.05, 0) is 42.0 Å². The molecule has 0 saturated heterocycles. The van der Waals surface area contributed by atoms with Crippen LogP contribution in [0.1, 0.15) is 30.6 Å². The predicted octanol–water partition coefficient (Wildman–Crippen LogP) is 4.65. The summed E-state index contributed by atoms with van der Waals surface area (Å²) in [5.41, 5.74) is 7.80. The lowest BCUT2D eigenvalue weighted by Crippen LogP contribution is -2.46. The van der Waals surface area contributed by atoms with E-state index in [1.54, 1.807) is 24.3 Å². The third kappa shape index (κ3) is 6.06. The Hall–Kier alpha value is -3.03. The zero-order chi connectivity index (χ0) is 24.0. The third-order valence-corrected chi connectivity index (χ3v) is 5.91. The van der Waals surface area contributed by atoms with Crippen molar-refractivity contribution in [2.24, 2.45) is 11.7 Å². The number of fused-ring (bicyclic) bond motifs is 1. The van der Waals surface area contributed by atoms with Gasteiger partial charge in [0.15, 0.2) is 0 Å². The highest BCUT2D eigenvalue weighted by atomic mass is 32.1. The first-order chi connectivity index (χ1) is 15.8. The number of nitrogens with zero attached hydrogens (tertiary/aromatic N) is 1. The highest BCUT2D eigenvalue weighted by Crippen LogP contribution is 2.33. The first-order valence-electron chi connectivity index (χ1n) is 11.1. The second-order valence-electron chi connectivity index (χ2n) is 8.56. The number of aliphatic carboxylic acids is 1. The average Bonchev–Trinajstić information content (AvgIpc) is 2.81. The smallest absolute Gasteiger partial charge is 0.326 e. The van der Waals surface area contributed by atoms with Crippen molar-refractivity contribution in [1.82, 2.24) is 0 Å². The minimum absolute atomic E-state index is 0.0867. The second kappa shape index (κ2) is 11.2. The van der Waals surface area contributed by atoms with Gasteiger partial charge >= 0.3 is 5.97 Å². The van der Waals surface area contributed by atoms with Crippen LogP contribution in [0, 0.1) is 5.92 Å². The number of benzene rings is 3. The Morgan fingerprint density at radius 1 is 1.06 bits per heavy atom. The number of thiol groups is 1. The molecule has 0 radical (unpaired) electrons. The van der Waals surface area contributed by atoms with Crippen molar-refractivity contribution in [3.63, 3.8) is 0 Å². The number of carboxylic acids is 1. The van der Waals surface area contributed by atoms with E-state index in [-0.39, 0.29) is 17.9 Å². The second-order valence-corrected chi connectivity index (χ2v) is 8.93. The van der Waals surface area contributed by atoms with Crippen molar-refractivity contribution in [3.8, 4) is 0 Å². The fraction of sp³-hybridized carbons (Fsp3) is 0.308. The van der Waals surface area contributed by atoms with Gasteiger partial charge in [0.05, 0.1) is 0 Å². The molecule has 1 amide bonds. The minimum Gasteiger partial charge on any atom is -0.480 e. The molecule has 0 aliphatic carbocycles. The molecular formula is C26H31N3O3S. The summed E-state index contributed by atoms with van der Waals surface area (Å²) in [5, 5.41) is 15.3. The molecule has 0 saturated carbocycles. The van der Waals surface area contributed by atoms with Crippen molar-refractivity contribution >= 4 is 46.7 Å². The van der Waals surface area contributed by atoms with E-state index < -0.39 is 12.0 Å².